The molecule has 1 fully saturated rings. The third kappa shape index (κ3) is 6.62. The Bertz CT molecular complexity index is 676. The summed E-state index contributed by atoms with van der Waals surface area (Å²) in [6.45, 7) is 1.49. The van der Waals surface area contributed by atoms with Crippen LogP contribution in [0.25, 0.3) is 0 Å². The second-order valence-corrected chi connectivity index (χ2v) is 7.78. The number of hydrogen-bond acceptors (Lipinski definition) is 2. The predicted molar refractivity (Wildman–Crippen MR) is 110 cm³/mol. The van der Waals surface area contributed by atoms with E-state index in [0.29, 0.717) is 18.6 Å². The molecule has 0 spiro atoms. The van der Waals surface area contributed by atoms with Crippen molar-refractivity contribution in [1.29, 1.82) is 0 Å². The molecule has 138 valence electrons. The van der Waals surface area contributed by atoms with Gasteiger partial charge in [0.1, 0.15) is 5.75 Å². The molecule has 0 radical (unpaired) electrons. The molecule has 0 amide bonds. The lowest BCUT2D eigenvalue weighted by Gasteiger charge is -2.27. The first kappa shape index (κ1) is 19.2. The van der Waals surface area contributed by atoms with Crippen LogP contribution < -0.4 is 4.74 Å². The van der Waals surface area contributed by atoms with E-state index in [2.05, 4.69) is 52.3 Å². The van der Waals surface area contributed by atoms with Gasteiger partial charge in [-0.15, -0.1) is 0 Å². The Labute approximate surface area is 165 Å². The lowest BCUT2D eigenvalue weighted by Crippen LogP contribution is -2.23. The summed E-state index contributed by atoms with van der Waals surface area (Å²) in [5.41, 5.74) is 1.24. The van der Waals surface area contributed by atoms with Crippen molar-refractivity contribution in [3.05, 3.63) is 76.8 Å². The highest BCUT2D eigenvalue weighted by Crippen LogP contribution is 2.29. The van der Waals surface area contributed by atoms with E-state index in [9.17, 15) is 0 Å². The Kier molecular flexibility index (Phi) is 7.78. The molecule has 0 aliphatic heterocycles. The van der Waals surface area contributed by atoms with E-state index in [4.69, 9.17) is 9.47 Å². The van der Waals surface area contributed by atoms with Crippen LogP contribution in [-0.2, 0) is 11.3 Å². The molecule has 0 unspecified atom stereocenters. The van der Waals surface area contributed by atoms with Crippen molar-refractivity contribution >= 4 is 15.9 Å². The highest BCUT2D eigenvalue weighted by molar-refractivity contribution is 9.10. The van der Waals surface area contributed by atoms with Gasteiger partial charge in [-0.25, -0.2) is 0 Å². The van der Waals surface area contributed by atoms with Gasteiger partial charge in [-0.1, -0.05) is 64.5 Å². The quantitative estimate of drug-likeness (QED) is 0.360. The largest absolute Gasteiger partial charge is 0.490 e. The minimum atomic E-state index is 0.350. The summed E-state index contributed by atoms with van der Waals surface area (Å²) in [5.74, 6) is 1.65. The highest BCUT2D eigenvalue weighted by Gasteiger charge is 2.20. The van der Waals surface area contributed by atoms with E-state index in [1.807, 2.05) is 30.3 Å². The van der Waals surface area contributed by atoms with Crippen LogP contribution in [0.1, 0.15) is 37.7 Å². The molecule has 1 saturated carbocycles. The van der Waals surface area contributed by atoms with Gasteiger partial charge < -0.3 is 9.47 Å². The van der Waals surface area contributed by atoms with Crippen LogP contribution in [0.3, 0.4) is 0 Å². The summed E-state index contributed by atoms with van der Waals surface area (Å²) in [5, 5.41) is 0. The van der Waals surface area contributed by atoms with E-state index in [1.165, 1.54) is 18.4 Å². The first-order valence-corrected chi connectivity index (χ1v) is 10.3. The van der Waals surface area contributed by atoms with Gasteiger partial charge in [0.15, 0.2) is 0 Å². The molecule has 0 aromatic heterocycles. The smallest absolute Gasteiger partial charge is 0.120 e. The molecule has 2 aromatic carbocycles. The average Bonchev–Trinajstić information content (AvgIpc) is 2.67. The summed E-state index contributed by atoms with van der Waals surface area (Å²) >= 11 is 3.50. The molecule has 0 N–H and O–H groups in total. The van der Waals surface area contributed by atoms with Crippen molar-refractivity contribution in [2.24, 2.45) is 5.92 Å². The molecule has 0 heterocycles. The van der Waals surface area contributed by atoms with Gasteiger partial charge in [0.25, 0.3) is 0 Å². The third-order valence-electron chi connectivity index (χ3n) is 4.77. The summed E-state index contributed by atoms with van der Waals surface area (Å²) in [6.07, 6.45) is 10.7. The number of halogens is 1. The summed E-state index contributed by atoms with van der Waals surface area (Å²) < 4.78 is 12.9. The first-order chi connectivity index (χ1) is 12.8. The van der Waals surface area contributed by atoms with E-state index in [0.717, 1.165) is 36.1 Å². The summed E-state index contributed by atoms with van der Waals surface area (Å²) in [7, 11) is 0. The second kappa shape index (κ2) is 10.5. The topological polar surface area (TPSA) is 18.5 Å². The summed E-state index contributed by atoms with van der Waals surface area (Å²) in [4.78, 5) is 0. The van der Waals surface area contributed by atoms with Crippen LogP contribution in [-0.4, -0.2) is 12.7 Å². The molecular formula is C23H27BrO2. The minimum Gasteiger partial charge on any atom is -0.490 e. The number of benzene rings is 2. The van der Waals surface area contributed by atoms with Gasteiger partial charge in [0.2, 0.25) is 0 Å². The van der Waals surface area contributed by atoms with Crippen LogP contribution in [0.2, 0.25) is 0 Å². The third-order valence-corrected chi connectivity index (χ3v) is 5.26. The Morgan fingerprint density at radius 1 is 0.962 bits per heavy atom. The van der Waals surface area contributed by atoms with Crippen molar-refractivity contribution in [2.45, 2.75) is 44.8 Å². The standard InChI is InChI=1S/C23H27BrO2/c24-21-10-6-11-23(17-21)26-22-14-12-19(13-15-22)7-4-5-16-25-18-20-8-2-1-3-9-20/h1-4,6-11,17,19,22H,5,12-16,18H2/b7-4+/t19-,22-. The lowest BCUT2D eigenvalue weighted by atomic mass is 9.87. The van der Waals surface area contributed by atoms with Gasteiger partial charge in [0, 0.05) is 4.47 Å². The fraction of sp³-hybridized carbons (Fsp3) is 0.391. The van der Waals surface area contributed by atoms with Crippen LogP contribution in [0.5, 0.6) is 5.75 Å². The van der Waals surface area contributed by atoms with Crippen LogP contribution in [0.4, 0.5) is 0 Å². The fourth-order valence-electron chi connectivity index (χ4n) is 3.34. The predicted octanol–water partition coefficient (Wildman–Crippen LogP) is 6.55. The maximum atomic E-state index is 6.11. The zero-order valence-electron chi connectivity index (χ0n) is 15.1. The highest BCUT2D eigenvalue weighted by atomic mass is 79.9. The second-order valence-electron chi connectivity index (χ2n) is 6.87. The zero-order chi connectivity index (χ0) is 18.0. The van der Waals surface area contributed by atoms with Crippen molar-refractivity contribution in [2.75, 3.05) is 6.61 Å². The van der Waals surface area contributed by atoms with Crippen LogP contribution in [0.15, 0.2) is 71.2 Å². The molecular weight excluding hydrogens is 388 g/mol. The molecule has 0 atom stereocenters. The molecule has 2 aromatic rings. The average molecular weight is 415 g/mol. The number of allylic oxidation sites excluding steroid dienone is 1. The van der Waals surface area contributed by atoms with Gasteiger partial charge >= 0.3 is 0 Å². The van der Waals surface area contributed by atoms with E-state index in [-0.39, 0.29) is 0 Å². The number of rotatable bonds is 8. The van der Waals surface area contributed by atoms with Gasteiger partial charge in [-0.2, -0.15) is 0 Å². The number of hydrogen-bond donors (Lipinski definition) is 0. The Morgan fingerprint density at radius 3 is 2.54 bits per heavy atom. The maximum absolute atomic E-state index is 6.11. The normalized spacial score (nSPS) is 20.3. The maximum Gasteiger partial charge on any atom is 0.120 e. The molecule has 1 aliphatic rings. The molecule has 3 heteroatoms. The van der Waals surface area contributed by atoms with E-state index < -0.39 is 0 Å². The van der Waals surface area contributed by atoms with Crippen molar-refractivity contribution in [3.8, 4) is 5.75 Å². The molecule has 3 rings (SSSR count). The number of ether oxygens (including phenoxy) is 2. The zero-order valence-corrected chi connectivity index (χ0v) is 16.7. The van der Waals surface area contributed by atoms with Crippen molar-refractivity contribution in [3.63, 3.8) is 0 Å². The van der Waals surface area contributed by atoms with Gasteiger partial charge in [-0.3, -0.25) is 0 Å². The SMILES string of the molecule is Brc1cccc(O[C@H]2CC[C@H](/C=C/CCOCc3ccccc3)CC2)c1. The lowest BCUT2D eigenvalue weighted by molar-refractivity contribution is 0.125. The van der Waals surface area contributed by atoms with Crippen molar-refractivity contribution in [1.82, 2.24) is 0 Å². The molecule has 2 nitrogen and oxygen atoms in total. The van der Waals surface area contributed by atoms with Crippen molar-refractivity contribution < 1.29 is 9.47 Å². The van der Waals surface area contributed by atoms with Crippen LogP contribution >= 0.6 is 15.9 Å². The Balaban J connectivity index is 1.29. The van der Waals surface area contributed by atoms with Gasteiger partial charge in [-0.05, 0) is 61.8 Å². The van der Waals surface area contributed by atoms with Crippen LogP contribution in [0, 0.1) is 5.92 Å². The molecule has 1 aliphatic carbocycles. The monoisotopic (exact) mass is 414 g/mol. The van der Waals surface area contributed by atoms with E-state index >= 15 is 0 Å². The summed E-state index contributed by atoms with van der Waals surface area (Å²) in [6, 6.07) is 18.5. The molecule has 0 saturated heterocycles. The Hall–Kier alpha value is -1.58. The first-order valence-electron chi connectivity index (χ1n) is 9.50. The minimum absolute atomic E-state index is 0.350. The van der Waals surface area contributed by atoms with E-state index in [1.54, 1.807) is 0 Å². The van der Waals surface area contributed by atoms with Gasteiger partial charge in [0.05, 0.1) is 19.3 Å². The Morgan fingerprint density at radius 2 is 1.77 bits per heavy atom. The fourth-order valence-corrected chi connectivity index (χ4v) is 3.71. The molecule has 0 bridgehead atoms. The molecule has 26 heavy (non-hydrogen) atoms.